The molecule has 0 radical (unpaired) electrons. The second-order valence-electron chi connectivity index (χ2n) is 6.09. The summed E-state index contributed by atoms with van der Waals surface area (Å²) < 4.78 is 6.05. The van der Waals surface area contributed by atoms with Crippen LogP contribution in [0, 0.1) is 5.92 Å². The molecule has 0 saturated heterocycles. The molecule has 1 aromatic rings. The number of ketones is 1. The average molecular weight is 266 g/mol. The van der Waals surface area contributed by atoms with E-state index < -0.39 is 0 Å². The van der Waals surface area contributed by atoms with Gasteiger partial charge in [-0.15, -0.1) is 0 Å². The third-order valence-corrected chi connectivity index (χ3v) is 5.44. The number of hydrogen-bond donors (Lipinski definition) is 0. The Balaban J connectivity index is 2.00. The van der Waals surface area contributed by atoms with Crippen molar-refractivity contribution in [2.75, 3.05) is 7.11 Å². The monoisotopic (exact) mass is 266 g/mol. The van der Waals surface area contributed by atoms with E-state index in [1.165, 1.54) is 17.5 Å². The van der Waals surface area contributed by atoms with Gasteiger partial charge in [0.1, 0.15) is 0 Å². The van der Waals surface area contributed by atoms with Crippen LogP contribution >= 0.6 is 0 Å². The molecule has 20 heavy (non-hydrogen) atoms. The summed E-state index contributed by atoms with van der Waals surface area (Å²) in [5.41, 5.74) is 2.29. The van der Waals surface area contributed by atoms with Crippen LogP contribution in [-0.4, -0.2) is 12.9 Å². The van der Waals surface area contributed by atoms with Crippen molar-refractivity contribution in [3.05, 3.63) is 59.7 Å². The van der Waals surface area contributed by atoms with Crippen molar-refractivity contribution in [3.8, 4) is 0 Å². The van der Waals surface area contributed by atoms with E-state index >= 15 is 0 Å². The van der Waals surface area contributed by atoms with Crippen molar-refractivity contribution in [2.24, 2.45) is 5.92 Å². The van der Waals surface area contributed by atoms with Gasteiger partial charge in [0.25, 0.3) is 0 Å². The van der Waals surface area contributed by atoms with E-state index in [1.807, 2.05) is 7.11 Å². The predicted molar refractivity (Wildman–Crippen MR) is 77.4 cm³/mol. The number of fused-ring (bicyclic) bond motifs is 5. The van der Waals surface area contributed by atoms with Gasteiger partial charge >= 0.3 is 0 Å². The number of carbonyl (C=O) groups is 1. The smallest absolute Gasteiger partial charge is 0.178 e. The summed E-state index contributed by atoms with van der Waals surface area (Å²) in [7, 11) is 1.83. The number of carbonyl (C=O) groups excluding carboxylic acids is 1. The molecule has 2 unspecified atom stereocenters. The zero-order valence-electron chi connectivity index (χ0n) is 11.6. The summed E-state index contributed by atoms with van der Waals surface area (Å²) in [6, 6.07) is 8.57. The van der Waals surface area contributed by atoms with Gasteiger partial charge in [0.2, 0.25) is 0 Å². The van der Waals surface area contributed by atoms with Crippen LogP contribution in [-0.2, 0) is 20.5 Å². The van der Waals surface area contributed by atoms with Crippen molar-refractivity contribution in [2.45, 2.75) is 30.3 Å². The van der Waals surface area contributed by atoms with Crippen molar-refractivity contribution >= 4 is 5.78 Å². The lowest BCUT2D eigenvalue weighted by atomic mass is 9.70. The molecule has 102 valence electrons. The largest absolute Gasteiger partial charge is 0.373 e. The van der Waals surface area contributed by atoms with E-state index in [9.17, 15) is 4.79 Å². The van der Waals surface area contributed by atoms with Gasteiger partial charge in [-0.2, -0.15) is 0 Å². The number of ether oxygens (including phenoxy) is 1. The Kier molecular flexibility index (Phi) is 2.37. The summed E-state index contributed by atoms with van der Waals surface area (Å²) >= 11 is 0. The number of methoxy groups -OCH3 is 1. The zero-order chi connectivity index (χ0) is 13.8. The van der Waals surface area contributed by atoms with Gasteiger partial charge in [0.15, 0.2) is 5.78 Å². The summed E-state index contributed by atoms with van der Waals surface area (Å²) in [6.45, 7) is 0. The van der Waals surface area contributed by atoms with E-state index in [4.69, 9.17) is 4.74 Å². The van der Waals surface area contributed by atoms with Crippen LogP contribution in [0.1, 0.15) is 30.4 Å². The van der Waals surface area contributed by atoms with Crippen LogP contribution in [0.4, 0.5) is 0 Å². The molecular formula is C18H18O2. The lowest BCUT2D eigenvalue weighted by molar-refractivity contribution is -0.110. The third kappa shape index (κ3) is 1.25. The first-order valence-electron chi connectivity index (χ1n) is 7.30. The number of benzene rings is 1. The highest BCUT2D eigenvalue weighted by Crippen LogP contribution is 2.63. The Bertz CT molecular complexity index is 625. The highest BCUT2D eigenvalue weighted by atomic mass is 16.5. The van der Waals surface area contributed by atoms with Gasteiger partial charge in [-0.05, 0) is 42.5 Å². The minimum atomic E-state index is -0.175. The lowest BCUT2D eigenvalue weighted by Crippen LogP contribution is -2.37. The van der Waals surface area contributed by atoms with Crippen LogP contribution in [0.15, 0.2) is 48.6 Å². The summed E-state index contributed by atoms with van der Waals surface area (Å²) in [5.74, 6) is 0.485. The Morgan fingerprint density at radius 2 is 1.85 bits per heavy atom. The molecule has 0 aromatic heterocycles. The van der Waals surface area contributed by atoms with Crippen molar-refractivity contribution in [1.82, 2.24) is 0 Å². The SMILES string of the molecule is COC12CCCC1C1(C=CC(=O)C=C1)c1ccccc12. The Hall–Kier alpha value is -1.67. The zero-order valence-corrected chi connectivity index (χ0v) is 11.6. The molecule has 0 bridgehead atoms. The average Bonchev–Trinajstić information content (AvgIpc) is 3.01. The molecule has 2 nitrogen and oxygen atoms in total. The summed E-state index contributed by atoms with van der Waals surface area (Å²) in [4.78, 5) is 11.6. The minimum absolute atomic E-state index is 0.0843. The first-order valence-corrected chi connectivity index (χ1v) is 7.30. The minimum Gasteiger partial charge on any atom is -0.373 e. The maximum Gasteiger partial charge on any atom is 0.178 e. The highest BCUT2D eigenvalue weighted by molar-refractivity contribution is 6.01. The standard InChI is InChI=1S/C18H18O2/c1-20-18-10-4-7-16(18)17(11-8-13(19)9-12-17)14-5-2-3-6-15(14)18/h2-3,5-6,8-9,11-12,16H,4,7,10H2,1H3. The fourth-order valence-corrected chi connectivity index (χ4v) is 4.66. The van der Waals surface area contributed by atoms with Gasteiger partial charge in [-0.3, -0.25) is 4.79 Å². The Morgan fingerprint density at radius 3 is 2.55 bits per heavy atom. The highest BCUT2D eigenvalue weighted by Gasteiger charge is 2.60. The fraction of sp³-hybridized carbons (Fsp3) is 0.389. The molecule has 2 heteroatoms. The molecule has 1 saturated carbocycles. The number of rotatable bonds is 1. The molecule has 4 rings (SSSR count). The first-order chi connectivity index (χ1) is 9.73. The molecule has 3 aliphatic carbocycles. The van der Waals surface area contributed by atoms with E-state index in [0.717, 1.165) is 12.8 Å². The number of hydrogen-bond acceptors (Lipinski definition) is 2. The van der Waals surface area contributed by atoms with Gasteiger partial charge < -0.3 is 4.74 Å². The number of allylic oxidation sites excluding steroid dienone is 4. The van der Waals surface area contributed by atoms with Gasteiger partial charge in [-0.1, -0.05) is 36.4 Å². The van der Waals surface area contributed by atoms with Crippen LogP contribution in [0.3, 0.4) is 0 Å². The van der Waals surface area contributed by atoms with Crippen molar-refractivity contribution in [1.29, 1.82) is 0 Å². The maximum atomic E-state index is 11.6. The fourth-order valence-electron chi connectivity index (χ4n) is 4.66. The van der Waals surface area contributed by atoms with Crippen LogP contribution in [0.5, 0.6) is 0 Å². The molecule has 1 spiro atoms. The Morgan fingerprint density at radius 1 is 1.15 bits per heavy atom. The van der Waals surface area contributed by atoms with Crippen molar-refractivity contribution < 1.29 is 9.53 Å². The second kappa shape index (κ2) is 3.92. The van der Waals surface area contributed by atoms with E-state index in [-0.39, 0.29) is 16.8 Å². The summed E-state index contributed by atoms with van der Waals surface area (Å²) in [6.07, 6.45) is 11.1. The van der Waals surface area contributed by atoms with Crippen molar-refractivity contribution in [3.63, 3.8) is 0 Å². The molecule has 1 aromatic carbocycles. The molecule has 2 atom stereocenters. The molecule has 0 amide bonds. The summed E-state index contributed by atoms with van der Waals surface area (Å²) in [5, 5.41) is 0. The predicted octanol–water partition coefficient (Wildman–Crippen LogP) is 3.27. The first kappa shape index (κ1) is 12.1. The van der Waals surface area contributed by atoms with Crippen LogP contribution < -0.4 is 0 Å². The van der Waals surface area contributed by atoms with Gasteiger partial charge in [-0.25, -0.2) is 0 Å². The maximum absolute atomic E-state index is 11.6. The van der Waals surface area contributed by atoms with Crippen LogP contribution in [0.2, 0.25) is 0 Å². The van der Waals surface area contributed by atoms with E-state index in [1.54, 1.807) is 12.2 Å². The quantitative estimate of drug-likeness (QED) is 0.779. The molecule has 1 fully saturated rings. The Labute approximate surface area is 119 Å². The molecule has 0 heterocycles. The third-order valence-electron chi connectivity index (χ3n) is 5.44. The van der Waals surface area contributed by atoms with Gasteiger partial charge in [0, 0.05) is 18.4 Å². The van der Waals surface area contributed by atoms with E-state index in [0.29, 0.717) is 5.92 Å². The van der Waals surface area contributed by atoms with Gasteiger partial charge in [0.05, 0.1) is 5.60 Å². The second-order valence-corrected chi connectivity index (χ2v) is 6.09. The molecule has 0 aliphatic heterocycles. The molecule has 3 aliphatic rings. The van der Waals surface area contributed by atoms with Crippen LogP contribution in [0.25, 0.3) is 0 Å². The topological polar surface area (TPSA) is 26.3 Å². The normalized spacial score (nSPS) is 32.6. The lowest BCUT2D eigenvalue weighted by Gasteiger charge is -2.36. The molecule has 0 N–H and O–H groups in total. The molecular weight excluding hydrogens is 248 g/mol. The van der Waals surface area contributed by atoms with E-state index in [2.05, 4.69) is 36.4 Å².